The molecule has 8 aromatic carbocycles. The predicted octanol–water partition coefficient (Wildman–Crippen LogP) is 16.2. The van der Waals surface area contributed by atoms with Crippen LogP contribution in [0.1, 0.15) is 128 Å². The molecule has 0 unspecified atom stereocenters. The fourth-order valence-corrected chi connectivity index (χ4v) is 14.5. The first-order chi connectivity index (χ1) is 33.3. The molecule has 0 fully saturated rings. The number of benzene rings is 8. The monoisotopic (exact) mass is 906 g/mol. The van der Waals surface area contributed by atoms with Gasteiger partial charge in [0.15, 0.2) is 0 Å². The van der Waals surface area contributed by atoms with Crippen LogP contribution in [0.5, 0.6) is 0 Å². The molecule has 3 aliphatic carbocycles. The Labute approximate surface area is 412 Å². The molecule has 70 heavy (non-hydrogen) atoms. The number of aromatic nitrogens is 1. The van der Waals surface area contributed by atoms with Crippen LogP contribution in [0.15, 0.2) is 138 Å². The minimum absolute atomic E-state index is 0.0255. The molecule has 0 radical (unpaired) electrons. The Kier molecular flexibility index (Phi) is 7.48. The number of furan rings is 1. The van der Waals surface area contributed by atoms with Crippen molar-refractivity contribution in [3.63, 3.8) is 0 Å². The lowest BCUT2D eigenvalue weighted by atomic mass is 9.44. The minimum Gasteiger partial charge on any atom is -0.456 e. The molecule has 2 aliphatic heterocycles. The van der Waals surface area contributed by atoms with E-state index in [1.54, 1.807) is 0 Å². The van der Waals surface area contributed by atoms with E-state index in [-0.39, 0.29) is 33.9 Å². The second kappa shape index (κ2) is 12.8. The van der Waals surface area contributed by atoms with Gasteiger partial charge in [-0.15, -0.1) is 0 Å². The lowest BCUT2D eigenvalue weighted by Gasteiger charge is -2.42. The van der Waals surface area contributed by atoms with Crippen LogP contribution in [0, 0.1) is 0 Å². The predicted molar refractivity (Wildman–Crippen MR) is 296 cm³/mol. The smallest absolute Gasteiger partial charge is 0.333 e. The molecular weight excluding hydrogens is 848 g/mol. The molecule has 0 bridgehead atoms. The van der Waals surface area contributed by atoms with Gasteiger partial charge < -0.3 is 13.8 Å². The maximum absolute atomic E-state index is 6.80. The fraction of sp³-hybridized carbons (Fsp3) is 0.273. The molecule has 4 heteroatoms. The second-order valence-electron chi connectivity index (χ2n) is 25.2. The van der Waals surface area contributed by atoms with Gasteiger partial charge in [0, 0.05) is 61.1 Å². The van der Waals surface area contributed by atoms with Crippen molar-refractivity contribution >= 4 is 72.9 Å². The summed E-state index contributed by atoms with van der Waals surface area (Å²) >= 11 is 0. The Hall–Kier alpha value is -6.78. The zero-order valence-electron chi connectivity index (χ0n) is 42.5. The third kappa shape index (κ3) is 4.98. The summed E-state index contributed by atoms with van der Waals surface area (Å²) in [7, 11) is 0. The number of anilines is 2. The first-order valence-corrected chi connectivity index (χ1v) is 25.8. The number of fused-ring (bicyclic) bond motifs is 18. The quantitative estimate of drug-likeness (QED) is 0.153. The third-order valence-corrected chi connectivity index (χ3v) is 18.6. The van der Waals surface area contributed by atoms with Gasteiger partial charge in [-0.05, 0) is 155 Å². The van der Waals surface area contributed by atoms with E-state index in [2.05, 4.69) is 219 Å². The van der Waals surface area contributed by atoms with E-state index >= 15 is 0 Å². The van der Waals surface area contributed by atoms with Crippen molar-refractivity contribution in [2.75, 3.05) is 4.81 Å². The Morgan fingerprint density at radius 2 is 1.13 bits per heavy atom. The molecular formula is C66H59BN2O. The van der Waals surface area contributed by atoms with Crippen molar-refractivity contribution in [2.24, 2.45) is 0 Å². The van der Waals surface area contributed by atoms with Crippen LogP contribution < -0.4 is 15.7 Å². The van der Waals surface area contributed by atoms with Gasteiger partial charge in [0.2, 0.25) is 0 Å². The van der Waals surface area contributed by atoms with Crippen LogP contribution in [0.4, 0.5) is 11.4 Å². The lowest BCUT2D eigenvalue weighted by molar-refractivity contribution is 0.331. The molecule has 342 valence electrons. The molecule has 0 N–H and O–H groups in total. The summed E-state index contributed by atoms with van der Waals surface area (Å²) in [6.45, 7) is 26.5. The summed E-state index contributed by atoms with van der Waals surface area (Å²) in [4.78, 5) is 2.73. The zero-order chi connectivity index (χ0) is 47.9. The third-order valence-electron chi connectivity index (χ3n) is 18.6. The number of rotatable bonds is 1. The maximum atomic E-state index is 6.80. The van der Waals surface area contributed by atoms with Gasteiger partial charge in [-0.3, -0.25) is 0 Å². The largest absolute Gasteiger partial charge is 0.456 e. The maximum Gasteiger partial charge on any atom is 0.333 e. The van der Waals surface area contributed by atoms with Crippen LogP contribution in [-0.2, 0) is 27.1 Å². The fourth-order valence-electron chi connectivity index (χ4n) is 14.5. The summed E-state index contributed by atoms with van der Waals surface area (Å²) in [5.74, 6) is 0. The minimum atomic E-state index is -0.191. The van der Waals surface area contributed by atoms with Crippen molar-refractivity contribution in [2.45, 2.75) is 116 Å². The van der Waals surface area contributed by atoms with Crippen LogP contribution in [0.25, 0.3) is 82.8 Å². The molecule has 4 heterocycles. The van der Waals surface area contributed by atoms with E-state index in [1.165, 1.54) is 135 Å². The lowest BCUT2D eigenvalue weighted by Crippen LogP contribution is -2.60. The summed E-state index contributed by atoms with van der Waals surface area (Å²) < 4.78 is 9.43. The summed E-state index contributed by atoms with van der Waals surface area (Å²) in [5.41, 5.74) is 28.9. The zero-order valence-corrected chi connectivity index (χ0v) is 42.5. The molecule has 15 rings (SSSR count). The molecule has 0 saturated heterocycles. The topological polar surface area (TPSA) is 21.3 Å². The Bertz CT molecular complexity index is 4050. The molecule has 0 spiro atoms. The summed E-state index contributed by atoms with van der Waals surface area (Å²) in [6.07, 6.45) is 2.40. The molecule has 3 nitrogen and oxygen atoms in total. The molecule has 10 aromatic rings. The van der Waals surface area contributed by atoms with E-state index < -0.39 is 0 Å². The molecule has 0 saturated carbocycles. The number of hydrogen-bond acceptors (Lipinski definition) is 2. The highest BCUT2D eigenvalue weighted by Crippen LogP contribution is 2.58. The van der Waals surface area contributed by atoms with E-state index in [1.807, 2.05) is 0 Å². The van der Waals surface area contributed by atoms with Crippen LogP contribution in [0.3, 0.4) is 0 Å². The van der Waals surface area contributed by atoms with Gasteiger partial charge in [0.25, 0.3) is 0 Å². The first kappa shape index (κ1) is 41.0. The highest BCUT2D eigenvalue weighted by Gasteiger charge is 2.48. The van der Waals surface area contributed by atoms with Crippen molar-refractivity contribution in [1.29, 1.82) is 0 Å². The first-order valence-electron chi connectivity index (χ1n) is 25.8. The SMILES string of the molecule is CC(C)(C)c1ccc(N2B3c4cc5c(cc4-n4c6cc7c(cc6c6ccc(c3c64)-c3cc4c(cc32)C(C)(C)c2cc3c(cc2-4)C(C)(C)CCC3(C)C)-c2ccccc2C7(C)C)oc2ccccc25)cc1. The summed E-state index contributed by atoms with van der Waals surface area (Å²) in [6, 6.07) is 52.6. The Balaban J connectivity index is 1.08. The van der Waals surface area contributed by atoms with Crippen molar-refractivity contribution in [1.82, 2.24) is 4.57 Å². The molecule has 0 atom stereocenters. The highest BCUT2D eigenvalue weighted by molar-refractivity contribution is 6.94. The average Bonchev–Trinajstić information content (AvgIpc) is 4.00. The molecule has 2 aromatic heterocycles. The van der Waals surface area contributed by atoms with Crippen LogP contribution in [-0.4, -0.2) is 11.4 Å². The van der Waals surface area contributed by atoms with Crippen molar-refractivity contribution < 1.29 is 4.42 Å². The van der Waals surface area contributed by atoms with Gasteiger partial charge in [-0.2, -0.15) is 0 Å². The van der Waals surface area contributed by atoms with E-state index in [9.17, 15) is 0 Å². The highest BCUT2D eigenvalue weighted by atomic mass is 16.3. The number of para-hydroxylation sites is 1. The van der Waals surface area contributed by atoms with Crippen molar-refractivity contribution in [3.05, 3.63) is 172 Å². The average molecular weight is 907 g/mol. The van der Waals surface area contributed by atoms with E-state index in [0.29, 0.717) is 0 Å². The van der Waals surface area contributed by atoms with E-state index in [4.69, 9.17) is 4.42 Å². The Morgan fingerprint density at radius 3 is 1.90 bits per heavy atom. The number of hydrogen-bond donors (Lipinski definition) is 0. The standard InChI is InChI=1S/C66H59BN2O/c1-62(2,3)36-20-22-37(23-21-36)69-56-34-51-43(44-30-52-53(32-49(44)66(51,10)11)64(6,7)27-26-63(52,4)5)29-45(56)40-24-25-41-46-28-42-38-16-12-14-18-48(38)65(8,9)50(42)33-55(46)68-57-35-59-47(39-17-13-15-19-58(39)70-59)31-54(57)67(69)60(40)61(41)68/h12-25,28-35H,26-27H2,1-11H3. The van der Waals surface area contributed by atoms with Gasteiger partial charge in [-0.25, -0.2) is 0 Å². The normalized spacial score (nSPS) is 17.9. The van der Waals surface area contributed by atoms with Crippen LogP contribution >= 0.6 is 0 Å². The summed E-state index contributed by atoms with van der Waals surface area (Å²) in [5, 5.41) is 4.92. The van der Waals surface area contributed by atoms with Crippen molar-refractivity contribution in [3.8, 4) is 39.1 Å². The van der Waals surface area contributed by atoms with Gasteiger partial charge in [0.05, 0.1) is 11.0 Å². The van der Waals surface area contributed by atoms with Crippen LogP contribution in [0.2, 0.25) is 0 Å². The van der Waals surface area contributed by atoms with Gasteiger partial charge in [-0.1, -0.05) is 155 Å². The Morgan fingerprint density at radius 1 is 0.471 bits per heavy atom. The van der Waals surface area contributed by atoms with Gasteiger partial charge in [0.1, 0.15) is 11.2 Å². The molecule has 5 aliphatic rings. The molecule has 0 amide bonds. The number of nitrogens with zero attached hydrogens (tertiary/aromatic N) is 2. The second-order valence-corrected chi connectivity index (χ2v) is 25.2. The van der Waals surface area contributed by atoms with Gasteiger partial charge >= 0.3 is 6.85 Å². The van der Waals surface area contributed by atoms with E-state index in [0.717, 1.165) is 21.9 Å².